The zero-order chi connectivity index (χ0) is 5.98. The number of likely N-dealkylation sites (N-methyl/N-ethyl adjacent to an activating group) is 1. The Morgan fingerprint density at radius 1 is 1.40 bits per heavy atom. The highest BCUT2D eigenvalue weighted by Gasteiger charge is 2.19. The number of hydrogen-bond acceptors (Lipinski definition) is 2. The van der Waals surface area contributed by atoms with Crippen LogP contribution in [0.15, 0.2) is 0 Å². The monoisotopic (exact) mass is 186 g/mol. The fourth-order valence-electron chi connectivity index (χ4n) is 0.843. The van der Waals surface area contributed by atoms with Gasteiger partial charge in [-0.3, -0.25) is 0 Å². The van der Waals surface area contributed by atoms with Crippen LogP contribution in [-0.4, -0.2) is 37.6 Å². The molecule has 0 aromatic carbocycles. The molecule has 0 amide bonds. The Balaban J connectivity index is 0. The second-order valence-corrected chi connectivity index (χ2v) is 2.39. The van der Waals surface area contributed by atoms with Gasteiger partial charge in [0.2, 0.25) is 0 Å². The zero-order valence-electron chi connectivity index (χ0n) is 6.46. The summed E-state index contributed by atoms with van der Waals surface area (Å²) in [5, 5.41) is 3.23. The molecule has 0 spiro atoms. The molecule has 10 heavy (non-hydrogen) atoms. The molecule has 1 N–H and O–H groups in total. The van der Waals surface area contributed by atoms with E-state index < -0.39 is 0 Å². The maximum Gasteiger partial charge on any atom is 0.0342 e. The maximum atomic E-state index is 3.23. The molecular weight excluding hydrogens is 171 g/mol. The van der Waals surface area contributed by atoms with E-state index in [1.807, 2.05) is 0 Å². The van der Waals surface area contributed by atoms with E-state index in [1.165, 1.54) is 19.6 Å². The molecule has 1 heterocycles. The minimum absolute atomic E-state index is 0. The van der Waals surface area contributed by atoms with Crippen LogP contribution < -0.4 is 5.32 Å². The fourth-order valence-corrected chi connectivity index (χ4v) is 0.843. The Labute approximate surface area is 75.2 Å². The van der Waals surface area contributed by atoms with Crippen molar-refractivity contribution >= 4 is 24.8 Å². The number of halogens is 2. The van der Waals surface area contributed by atoms with Crippen molar-refractivity contribution in [1.29, 1.82) is 0 Å². The van der Waals surface area contributed by atoms with Gasteiger partial charge < -0.3 is 10.2 Å². The summed E-state index contributed by atoms with van der Waals surface area (Å²) in [5.41, 5.74) is 0. The van der Waals surface area contributed by atoms with Crippen LogP contribution in [0.4, 0.5) is 0 Å². The first-order valence-electron chi connectivity index (χ1n) is 3.25. The molecule has 0 aromatic rings. The van der Waals surface area contributed by atoms with Crippen LogP contribution in [0, 0.1) is 0 Å². The first-order valence-corrected chi connectivity index (χ1v) is 3.25. The molecular formula is C6H16Cl2N2. The molecule has 2 nitrogen and oxygen atoms in total. The van der Waals surface area contributed by atoms with Crippen molar-refractivity contribution in [3.8, 4) is 0 Å². The van der Waals surface area contributed by atoms with Gasteiger partial charge in [-0.1, -0.05) is 6.92 Å². The minimum Gasteiger partial charge on any atom is -0.314 e. The SMILES string of the molecule is CCN(C)C1CNC1.Cl.Cl. The summed E-state index contributed by atoms with van der Waals surface area (Å²) in [6, 6.07) is 0.819. The van der Waals surface area contributed by atoms with E-state index in [0.717, 1.165) is 6.04 Å². The lowest BCUT2D eigenvalue weighted by Crippen LogP contribution is -2.55. The second kappa shape index (κ2) is 6.23. The summed E-state index contributed by atoms with van der Waals surface area (Å²) in [6.07, 6.45) is 0. The number of hydrogen-bond donors (Lipinski definition) is 1. The second-order valence-electron chi connectivity index (χ2n) is 2.39. The summed E-state index contributed by atoms with van der Waals surface area (Å²) in [6.45, 7) is 5.74. The summed E-state index contributed by atoms with van der Waals surface area (Å²) in [4.78, 5) is 2.37. The van der Waals surface area contributed by atoms with Gasteiger partial charge in [0, 0.05) is 19.1 Å². The highest BCUT2D eigenvalue weighted by molar-refractivity contribution is 5.85. The van der Waals surface area contributed by atoms with Gasteiger partial charge in [-0.15, -0.1) is 24.8 Å². The van der Waals surface area contributed by atoms with Crippen LogP contribution >= 0.6 is 24.8 Å². The van der Waals surface area contributed by atoms with Crippen LogP contribution in [0.25, 0.3) is 0 Å². The van der Waals surface area contributed by atoms with Gasteiger partial charge in [-0.25, -0.2) is 0 Å². The van der Waals surface area contributed by atoms with Crippen molar-refractivity contribution in [2.24, 2.45) is 0 Å². The number of nitrogens with zero attached hydrogens (tertiary/aromatic N) is 1. The topological polar surface area (TPSA) is 15.3 Å². The van der Waals surface area contributed by atoms with Crippen molar-refractivity contribution < 1.29 is 0 Å². The van der Waals surface area contributed by atoms with Gasteiger partial charge in [0.05, 0.1) is 0 Å². The van der Waals surface area contributed by atoms with Crippen molar-refractivity contribution in [2.45, 2.75) is 13.0 Å². The van der Waals surface area contributed by atoms with Gasteiger partial charge >= 0.3 is 0 Å². The van der Waals surface area contributed by atoms with E-state index in [-0.39, 0.29) is 24.8 Å². The van der Waals surface area contributed by atoms with Crippen molar-refractivity contribution in [1.82, 2.24) is 10.2 Å². The smallest absolute Gasteiger partial charge is 0.0342 e. The van der Waals surface area contributed by atoms with E-state index >= 15 is 0 Å². The van der Waals surface area contributed by atoms with E-state index in [0.29, 0.717) is 0 Å². The third-order valence-corrected chi connectivity index (χ3v) is 1.88. The lowest BCUT2D eigenvalue weighted by atomic mass is 10.1. The Morgan fingerprint density at radius 3 is 2.00 bits per heavy atom. The molecule has 4 heteroatoms. The molecule has 0 atom stereocenters. The summed E-state index contributed by atoms with van der Waals surface area (Å²) in [5.74, 6) is 0. The molecule has 1 aliphatic heterocycles. The molecule has 0 radical (unpaired) electrons. The normalized spacial score (nSPS) is 17.1. The summed E-state index contributed by atoms with van der Waals surface area (Å²) in [7, 11) is 2.17. The predicted octanol–water partition coefficient (Wildman–Crippen LogP) is 0.753. The van der Waals surface area contributed by atoms with Gasteiger partial charge in [-0.05, 0) is 13.6 Å². The molecule has 1 saturated heterocycles. The quantitative estimate of drug-likeness (QED) is 0.686. The van der Waals surface area contributed by atoms with E-state index in [2.05, 4.69) is 24.2 Å². The van der Waals surface area contributed by atoms with Crippen LogP contribution in [0.5, 0.6) is 0 Å². The molecule has 0 aromatic heterocycles. The largest absolute Gasteiger partial charge is 0.314 e. The first kappa shape index (κ1) is 13.1. The molecule has 0 aliphatic carbocycles. The van der Waals surface area contributed by atoms with Crippen molar-refractivity contribution in [2.75, 3.05) is 26.7 Å². The average Bonchev–Trinajstić information content (AvgIpc) is 1.62. The number of nitrogens with one attached hydrogen (secondary N) is 1. The van der Waals surface area contributed by atoms with Crippen molar-refractivity contribution in [3.63, 3.8) is 0 Å². The molecule has 0 unspecified atom stereocenters. The maximum absolute atomic E-state index is 3.23. The minimum atomic E-state index is 0. The molecule has 0 saturated carbocycles. The Bertz CT molecular complexity index is 73.4. The molecule has 64 valence electrons. The molecule has 1 aliphatic rings. The first-order chi connectivity index (χ1) is 3.84. The Hall–Kier alpha value is 0.500. The van der Waals surface area contributed by atoms with Gasteiger partial charge in [0.15, 0.2) is 0 Å². The Morgan fingerprint density at radius 2 is 1.90 bits per heavy atom. The van der Waals surface area contributed by atoms with Crippen molar-refractivity contribution in [3.05, 3.63) is 0 Å². The predicted molar refractivity (Wildman–Crippen MR) is 49.5 cm³/mol. The fraction of sp³-hybridized carbons (Fsp3) is 1.00. The highest BCUT2D eigenvalue weighted by Crippen LogP contribution is 1.99. The third kappa shape index (κ3) is 3.06. The Kier molecular flexibility index (Phi) is 8.17. The van der Waals surface area contributed by atoms with Crippen LogP contribution in [0.2, 0.25) is 0 Å². The zero-order valence-corrected chi connectivity index (χ0v) is 8.10. The van der Waals surface area contributed by atoms with E-state index in [9.17, 15) is 0 Å². The van der Waals surface area contributed by atoms with E-state index in [1.54, 1.807) is 0 Å². The number of rotatable bonds is 2. The molecule has 1 rings (SSSR count). The summed E-state index contributed by atoms with van der Waals surface area (Å²) >= 11 is 0. The lowest BCUT2D eigenvalue weighted by Gasteiger charge is -2.34. The average molecular weight is 187 g/mol. The lowest BCUT2D eigenvalue weighted by molar-refractivity contribution is 0.188. The standard InChI is InChI=1S/C6H14N2.2ClH/c1-3-8(2)6-4-7-5-6;;/h6-7H,3-5H2,1-2H3;2*1H. The third-order valence-electron chi connectivity index (χ3n) is 1.88. The summed E-state index contributed by atoms with van der Waals surface area (Å²) < 4.78 is 0. The van der Waals surface area contributed by atoms with Gasteiger partial charge in [0.1, 0.15) is 0 Å². The van der Waals surface area contributed by atoms with Crippen LogP contribution in [-0.2, 0) is 0 Å². The molecule has 0 bridgehead atoms. The van der Waals surface area contributed by atoms with Gasteiger partial charge in [-0.2, -0.15) is 0 Å². The highest BCUT2D eigenvalue weighted by atomic mass is 35.5. The van der Waals surface area contributed by atoms with Crippen LogP contribution in [0.3, 0.4) is 0 Å². The van der Waals surface area contributed by atoms with Crippen LogP contribution in [0.1, 0.15) is 6.92 Å². The molecule has 1 fully saturated rings. The van der Waals surface area contributed by atoms with E-state index in [4.69, 9.17) is 0 Å². The van der Waals surface area contributed by atoms with Gasteiger partial charge in [0.25, 0.3) is 0 Å².